The molecular formula is C15H22O2. The smallest absolute Gasteiger partial charge is 0.163 e. The monoisotopic (exact) mass is 234 g/mol. The van der Waals surface area contributed by atoms with Crippen LogP contribution in [-0.2, 0) is 16.0 Å². The van der Waals surface area contributed by atoms with E-state index in [0.29, 0.717) is 6.61 Å². The van der Waals surface area contributed by atoms with E-state index in [4.69, 9.17) is 4.74 Å². The molecule has 0 radical (unpaired) electrons. The first-order valence-corrected chi connectivity index (χ1v) is 6.15. The minimum absolute atomic E-state index is 0.164. The summed E-state index contributed by atoms with van der Waals surface area (Å²) in [6, 6.07) is 10.3. The fraction of sp³-hybridized carbons (Fsp3) is 0.533. The molecule has 0 aliphatic rings. The highest BCUT2D eigenvalue weighted by Gasteiger charge is 2.20. The molecule has 0 bridgehead atoms. The number of benzene rings is 1. The lowest BCUT2D eigenvalue weighted by Gasteiger charge is -2.16. The highest BCUT2D eigenvalue weighted by atomic mass is 16.5. The van der Waals surface area contributed by atoms with Crippen molar-refractivity contribution in [1.82, 2.24) is 0 Å². The average Bonchev–Trinajstić information content (AvgIpc) is 2.28. The number of carbonyl (C=O) groups excluding carboxylic acids is 1. The zero-order valence-corrected chi connectivity index (χ0v) is 11.0. The SMILES string of the molecule is CC(C)(C)C(=O)COCCCc1ccccc1. The number of rotatable bonds is 6. The number of hydrogen-bond donors (Lipinski definition) is 0. The van der Waals surface area contributed by atoms with Crippen LogP contribution in [0.5, 0.6) is 0 Å². The summed E-state index contributed by atoms with van der Waals surface area (Å²) in [5, 5.41) is 0. The Hall–Kier alpha value is -1.15. The number of carbonyl (C=O) groups is 1. The maximum Gasteiger partial charge on any atom is 0.163 e. The molecule has 2 nitrogen and oxygen atoms in total. The number of ether oxygens (including phenoxy) is 1. The summed E-state index contributed by atoms with van der Waals surface area (Å²) in [6.07, 6.45) is 1.96. The molecule has 17 heavy (non-hydrogen) atoms. The predicted octanol–water partition coefficient (Wildman–Crippen LogP) is 3.25. The van der Waals surface area contributed by atoms with Crippen molar-refractivity contribution >= 4 is 5.78 Å². The Labute approximate surface area is 104 Å². The van der Waals surface area contributed by atoms with E-state index in [2.05, 4.69) is 12.1 Å². The van der Waals surface area contributed by atoms with Crippen molar-refractivity contribution in [1.29, 1.82) is 0 Å². The second-order valence-electron chi connectivity index (χ2n) is 5.31. The molecule has 0 aliphatic heterocycles. The number of aryl methyl sites for hydroxylation is 1. The van der Waals surface area contributed by atoms with Crippen LogP contribution < -0.4 is 0 Å². The van der Waals surface area contributed by atoms with E-state index in [9.17, 15) is 4.79 Å². The lowest BCUT2D eigenvalue weighted by atomic mass is 9.91. The molecule has 2 heteroatoms. The Bertz CT molecular complexity index is 336. The molecule has 94 valence electrons. The van der Waals surface area contributed by atoms with Gasteiger partial charge in [0.25, 0.3) is 0 Å². The number of Topliss-reactive ketones (excluding diaryl/α,β-unsaturated/α-hetero) is 1. The fourth-order valence-electron chi connectivity index (χ4n) is 1.40. The summed E-state index contributed by atoms with van der Waals surface area (Å²) in [5.74, 6) is 0.164. The third kappa shape index (κ3) is 5.64. The molecule has 0 saturated carbocycles. The van der Waals surface area contributed by atoms with E-state index in [1.165, 1.54) is 5.56 Å². The van der Waals surface area contributed by atoms with Crippen molar-refractivity contribution in [2.24, 2.45) is 5.41 Å². The summed E-state index contributed by atoms with van der Waals surface area (Å²) in [7, 11) is 0. The van der Waals surface area contributed by atoms with Gasteiger partial charge in [-0.25, -0.2) is 0 Å². The van der Waals surface area contributed by atoms with E-state index in [1.807, 2.05) is 39.0 Å². The van der Waals surface area contributed by atoms with Crippen molar-refractivity contribution in [3.8, 4) is 0 Å². The van der Waals surface area contributed by atoms with Crippen LogP contribution in [0.1, 0.15) is 32.8 Å². The van der Waals surface area contributed by atoms with Gasteiger partial charge >= 0.3 is 0 Å². The van der Waals surface area contributed by atoms with Crippen molar-refractivity contribution < 1.29 is 9.53 Å². The molecule has 0 aromatic heterocycles. The molecule has 0 heterocycles. The van der Waals surface area contributed by atoms with Crippen LogP contribution in [-0.4, -0.2) is 19.0 Å². The van der Waals surface area contributed by atoms with Gasteiger partial charge in [-0.3, -0.25) is 4.79 Å². The molecule has 1 aromatic rings. The molecule has 0 aliphatic carbocycles. The second kappa shape index (κ2) is 6.55. The molecule has 1 aromatic carbocycles. The van der Waals surface area contributed by atoms with Crippen LogP contribution in [0.3, 0.4) is 0 Å². The molecule has 0 atom stereocenters. The Kier molecular flexibility index (Phi) is 5.36. The zero-order chi connectivity index (χ0) is 12.7. The van der Waals surface area contributed by atoms with E-state index < -0.39 is 0 Å². The maximum absolute atomic E-state index is 11.6. The third-order valence-electron chi connectivity index (χ3n) is 2.67. The van der Waals surface area contributed by atoms with Gasteiger partial charge in [-0.05, 0) is 18.4 Å². The Morgan fingerprint density at radius 1 is 1.18 bits per heavy atom. The first-order valence-electron chi connectivity index (χ1n) is 6.15. The highest BCUT2D eigenvalue weighted by Crippen LogP contribution is 2.14. The number of hydrogen-bond acceptors (Lipinski definition) is 2. The van der Waals surface area contributed by atoms with Gasteiger partial charge < -0.3 is 4.74 Å². The minimum atomic E-state index is -0.292. The van der Waals surface area contributed by atoms with Crippen LogP contribution in [0.4, 0.5) is 0 Å². The molecule has 0 unspecified atom stereocenters. The molecule has 0 spiro atoms. The van der Waals surface area contributed by atoms with Gasteiger partial charge in [0.05, 0.1) is 0 Å². The lowest BCUT2D eigenvalue weighted by Crippen LogP contribution is -2.25. The third-order valence-corrected chi connectivity index (χ3v) is 2.67. The molecule has 0 saturated heterocycles. The Morgan fingerprint density at radius 3 is 2.41 bits per heavy atom. The summed E-state index contributed by atoms with van der Waals surface area (Å²) in [5.41, 5.74) is 1.03. The van der Waals surface area contributed by atoms with Gasteiger partial charge in [0.2, 0.25) is 0 Å². The normalized spacial score (nSPS) is 11.5. The summed E-state index contributed by atoms with van der Waals surface area (Å²) >= 11 is 0. The zero-order valence-electron chi connectivity index (χ0n) is 11.0. The largest absolute Gasteiger partial charge is 0.374 e. The van der Waals surface area contributed by atoms with E-state index >= 15 is 0 Å². The quantitative estimate of drug-likeness (QED) is 0.706. The topological polar surface area (TPSA) is 26.3 Å². The van der Waals surface area contributed by atoms with Gasteiger partial charge in [0.1, 0.15) is 6.61 Å². The predicted molar refractivity (Wildman–Crippen MR) is 70.0 cm³/mol. The summed E-state index contributed by atoms with van der Waals surface area (Å²) in [6.45, 7) is 6.64. The summed E-state index contributed by atoms with van der Waals surface area (Å²) < 4.78 is 5.39. The molecule has 1 rings (SSSR count). The first kappa shape index (κ1) is 13.9. The second-order valence-corrected chi connectivity index (χ2v) is 5.31. The highest BCUT2D eigenvalue weighted by molar-refractivity contribution is 5.84. The van der Waals surface area contributed by atoms with E-state index in [0.717, 1.165) is 12.8 Å². The van der Waals surface area contributed by atoms with Gasteiger partial charge in [0.15, 0.2) is 5.78 Å². The van der Waals surface area contributed by atoms with E-state index in [-0.39, 0.29) is 17.8 Å². The molecular weight excluding hydrogens is 212 g/mol. The lowest BCUT2D eigenvalue weighted by molar-refractivity contribution is -0.131. The molecule has 0 amide bonds. The fourth-order valence-corrected chi connectivity index (χ4v) is 1.40. The average molecular weight is 234 g/mol. The van der Waals surface area contributed by atoms with Crippen LogP contribution in [0, 0.1) is 5.41 Å². The molecule has 0 N–H and O–H groups in total. The van der Waals surface area contributed by atoms with Crippen LogP contribution >= 0.6 is 0 Å². The van der Waals surface area contributed by atoms with Crippen LogP contribution in [0.25, 0.3) is 0 Å². The minimum Gasteiger partial charge on any atom is -0.374 e. The summed E-state index contributed by atoms with van der Waals surface area (Å²) in [4.78, 5) is 11.6. The number of ketones is 1. The Balaban J connectivity index is 2.12. The Morgan fingerprint density at radius 2 is 1.82 bits per heavy atom. The van der Waals surface area contributed by atoms with Crippen LogP contribution in [0.2, 0.25) is 0 Å². The standard InChI is InChI=1S/C15H22O2/c1-15(2,3)14(16)12-17-11-7-10-13-8-5-4-6-9-13/h4-6,8-9H,7,10-12H2,1-3H3. The van der Waals surface area contributed by atoms with Gasteiger partial charge in [0, 0.05) is 12.0 Å². The van der Waals surface area contributed by atoms with Crippen molar-refractivity contribution in [3.05, 3.63) is 35.9 Å². The maximum atomic E-state index is 11.6. The van der Waals surface area contributed by atoms with Crippen LogP contribution in [0.15, 0.2) is 30.3 Å². The van der Waals surface area contributed by atoms with Crippen molar-refractivity contribution in [2.45, 2.75) is 33.6 Å². The van der Waals surface area contributed by atoms with E-state index in [1.54, 1.807) is 0 Å². The van der Waals surface area contributed by atoms with Gasteiger partial charge in [-0.15, -0.1) is 0 Å². The van der Waals surface area contributed by atoms with Crippen molar-refractivity contribution in [3.63, 3.8) is 0 Å². The molecule has 0 fully saturated rings. The van der Waals surface area contributed by atoms with Crippen molar-refractivity contribution in [2.75, 3.05) is 13.2 Å². The van der Waals surface area contributed by atoms with Gasteiger partial charge in [-0.2, -0.15) is 0 Å². The first-order chi connectivity index (χ1) is 8.00. The van der Waals surface area contributed by atoms with Gasteiger partial charge in [-0.1, -0.05) is 51.1 Å².